The molecule has 0 aliphatic carbocycles. The molecule has 0 saturated carbocycles. The molecule has 0 bridgehead atoms. The quantitative estimate of drug-likeness (QED) is 0.827. The van der Waals surface area contributed by atoms with Gasteiger partial charge in [-0.3, -0.25) is 4.79 Å². The highest BCUT2D eigenvalue weighted by Crippen LogP contribution is 2.33. The van der Waals surface area contributed by atoms with Gasteiger partial charge in [0.25, 0.3) is 5.91 Å². The predicted molar refractivity (Wildman–Crippen MR) is 110 cm³/mol. The fourth-order valence-corrected chi connectivity index (χ4v) is 4.22. The molecule has 5 nitrogen and oxygen atoms in total. The van der Waals surface area contributed by atoms with Gasteiger partial charge < -0.3 is 19.7 Å². The van der Waals surface area contributed by atoms with E-state index in [1.165, 1.54) is 10.5 Å². The number of hydrogen-bond donors (Lipinski definition) is 2. The highest BCUT2D eigenvalue weighted by Gasteiger charge is 2.32. The van der Waals surface area contributed by atoms with Crippen LogP contribution in [0.2, 0.25) is 5.02 Å². The van der Waals surface area contributed by atoms with Gasteiger partial charge in [0.2, 0.25) is 0 Å². The molecule has 1 amide bonds. The van der Waals surface area contributed by atoms with Crippen LogP contribution in [0.4, 0.5) is 5.69 Å². The van der Waals surface area contributed by atoms with Crippen molar-refractivity contribution in [1.82, 2.24) is 0 Å². The number of ether oxygens (including phenoxy) is 2. The van der Waals surface area contributed by atoms with E-state index in [1.807, 2.05) is 25.1 Å². The van der Waals surface area contributed by atoms with Crippen molar-refractivity contribution in [2.45, 2.75) is 32.2 Å². The predicted octanol–water partition coefficient (Wildman–Crippen LogP) is 3.17. The lowest BCUT2D eigenvalue weighted by Gasteiger charge is -2.22. The fraction of sp³-hybridized carbons (Fsp3) is 0.409. The van der Waals surface area contributed by atoms with E-state index >= 15 is 0 Å². The second-order valence-electron chi connectivity index (χ2n) is 7.54. The summed E-state index contributed by atoms with van der Waals surface area (Å²) in [5.74, 6) is 1.65. The molecule has 6 heteroatoms. The number of carbonyl (C=O) groups is 1. The van der Waals surface area contributed by atoms with Gasteiger partial charge in [-0.25, -0.2) is 0 Å². The molecule has 0 radical (unpaired) electrons. The van der Waals surface area contributed by atoms with Crippen LogP contribution in [0.3, 0.4) is 0 Å². The monoisotopic (exact) mass is 401 g/mol. The van der Waals surface area contributed by atoms with E-state index < -0.39 is 0 Å². The third-order valence-corrected chi connectivity index (χ3v) is 5.75. The number of benzene rings is 2. The Morgan fingerprint density at radius 2 is 1.96 bits per heavy atom. The van der Waals surface area contributed by atoms with Crippen molar-refractivity contribution in [2.24, 2.45) is 0 Å². The zero-order valence-corrected chi connectivity index (χ0v) is 16.8. The Labute approximate surface area is 170 Å². The molecule has 0 spiro atoms. The van der Waals surface area contributed by atoms with Crippen LogP contribution >= 0.6 is 11.6 Å². The molecule has 0 aromatic heterocycles. The first-order valence-corrected chi connectivity index (χ1v) is 10.3. The van der Waals surface area contributed by atoms with Crippen LogP contribution in [0.25, 0.3) is 0 Å². The average molecular weight is 402 g/mol. The van der Waals surface area contributed by atoms with Crippen molar-refractivity contribution >= 4 is 23.2 Å². The molecule has 28 heavy (non-hydrogen) atoms. The second-order valence-corrected chi connectivity index (χ2v) is 7.98. The molecule has 1 fully saturated rings. The average Bonchev–Trinajstić information content (AvgIpc) is 3.00. The summed E-state index contributed by atoms with van der Waals surface area (Å²) >= 11 is 6.06. The third-order valence-electron chi connectivity index (χ3n) is 5.52. The number of likely N-dealkylation sites (tertiary alicyclic amines) is 1. The summed E-state index contributed by atoms with van der Waals surface area (Å²) in [6.45, 7) is 4.76. The van der Waals surface area contributed by atoms with Gasteiger partial charge in [0, 0.05) is 35.5 Å². The Kier molecular flexibility index (Phi) is 5.74. The number of halogens is 1. The molecule has 2 aromatic carbocycles. The van der Waals surface area contributed by atoms with Crippen LogP contribution < -0.4 is 19.7 Å². The highest BCUT2D eigenvalue weighted by atomic mass is 35.5. The van der Waals surface area contributed by atoms with E-state index in [1.54, 1.807) is 6.07 Å². The van der Waals surface area contributed by atoms with Crippen molar-refractivity contribution in [2.75, 3.05) is 31.6 Å². The van der Waals surface area contributed by atoms with Crippen molar-refractivity contribution in [3.05, 3.63) is 52.5 Å². The Balaban J connectivity index is 1.45. The summed E-state index contributed by atoms with van der Waals surface area (Å²) in [7, 11) is 0. The maximum atomic E-state index is 12.7. The van der Waals surface area contributed by atoms with Crippen molar-refractivity contribution in [1.29, 1.82) is 0 Å². The number of fused-ring (bicyclic) bond motifs is 1. The first-order chi connectivity index (χ1) is 13.6. The minimum atomic E-state index is 0.0154. The number of amides is 1. The maximum absolute atomic E-state index is 12.7. The highest BCUT2D eigenvalue weighted by molar-refractivity contribution is 6.31. The van der Waals surface area contributed by atoms with E-state index in [-0.39, 0.29) is 5.91 Å². The van der Waals surface area contributed by atoms with E-state index in [4.69, 9.17) is 21.1 Å². The molecule has 2 aliphatic heterocycles. The van der Waals surface area contributed by atoms with Crippen LogP contribution in [-0.2, 0) is 4.79 Å². The van der Waals surface area contributed by atoms with Crippen LogP contribution in [0.15, 0.2) is 36.4 Å². The lowest BCUT2D eigenvalue weighted by molar-refractivity contribution is -0.910. The molecular formula is C22H26ClN2O3+. The zero-order chi connectivity index (χ0) is 19.5. The number of nitrogens with one attached hydrogen (secondary N) is 2. The van der Waals surface area contributed by atoms with Crippen LogP contribution in [0.5, 0.6) is 11.5 Å². The summed E-state index contributed by atoms with van der Waals surface area (Å²) in [6.07, 6.45) is 3.07. The Morgan fingerprint density at radius 1 is 1.14 bits per heavy atom. The molecule has 2 aliphatic rings. The Bertz CT molecular complexity index is 871. The molecule has 148 valence electrons. The lowest BCUT2D eigenvalue weighted by atomic mass is 10.0. The van der Waals surface area contributed by atoms with Gasteiger partial charge in [0.05, 0.1) is 19.8 Å². The van der Waals surface area contributed by atoms with Crippen LogP contribution in [0, 0.1) is 6.92 Å². The SMILES string of the molecule is Cc1ccc(Cl)cc1NC(=O)C[NH+]1CCC[C@H]1c1ccc2c(c1)OCCCO2. The molecule has 2 atom stereocenters. The van der Waals surface area contributed by atoms with Gasteiger partial charge in [0.15, 0.2) is 18.0 Å². The Hall–Kier alpha value is -2.24. The number of quaternary nitrogens is 1. The van der Waals surface area contributed by atoms with Crippen molar-refractivity contribution in [3.63, 3.8) is 0 Å². The normalized spacial score (nSPS) is 21.2. The topological polar surface area (TPSA) is 52.0 Å². The van der Waals surface area contributed by atoms with Gasteiger partial charge in [-0.2, -0.15) is 0 Å². The number of anilines is 1. The van der Waals surface area contributed by atoms with Crippen LogP contribution in [0.1, 0.15) is 36.4 Å². The smallest absolute Gasteiger partial charge is 0.279 e. The standard InChI is InChI=1S/C22H25ClN2O3/c1-15-5-7-17(23)13-18(15)24-22(26)14-25-9-2-4-19(25)16-6-8-20-21(12-16)28-11-3-10-27-20/h5-8,12-13,19H,2-4,9-11,14H2,1H3,(H,24,26)/p+1/t19-/m0/s1. The molecule has 2 heterocycles. The van der Waals surface area contributed by atoms with Gasteiger partial charge >= 0.3 is 0 Å². The minimum absolute atomic E-state index is 0.0154. The summed E-state index contributed by atoms with van der Waals surface area (Å²) in [5.41, 5.74) is 3.00. The second kappa shape index (κ2) is 8.41. The van der Waals surface area contributed by atoms with E-state index in [2.05, 4.69) is 17.4 Å². The summed E-state index contributed by atoms with van der Waals surface area (Å²) < 4.78 is 11.6. The van der Waals surface area contributed by atoms with E-state index in [0.717, 1.165) is 48.6 Å². The maximum Gasteiger partial charge on any atom is 0.279 e. The van der Waals surface area contributed by atoms with Gasteiger partial charge in [-0.15, -0.1) is 0 Å². The van der Waals surface area contributed by atoms with Crippen molar-refractivity contribution in [3.8, 4) is 11.5 Å². The fourth-order valence-electron chi connectivity index (χ4n) is 4.05. The first kappa shape index (κ1) is 19.1. The molecule has 2 N–H and O–H groups in total. The van der Waals surface area contributed by atoms with Gasteiger partial charge in [0.1, 0.15) is 6.04 Å². The van der Waals surface area contributed by atoms with Gasteiger partial charge in [-0.1, -0.05) is 17.7 Å². The molecule has 2 aromatic rings. The summed E-state index contributed by atoms with van der Waals surface area (Å²) in [4.78, 5) is 14.0. The first-order valence-electron chi connectivity index (χ1n) is 9.90. The summed E-state index contributed by atoms with van der Waals surface area (Å²) in [5, 5.41) is 3.64. The number of hydrogen-bond acceptors (Lipinski definition) is 3. The molecule has 1 unspecified atom stereocenters. The van der Waals surface area contributed by atoms with E-state index in [0.29, 0.717) is 30.8 Å². The minimum Gasteiger partial charge on any atom is -0.490 e. The van der Waals surface area contributed by atoms with E-state index in [9.17, 15) is 4.79 Å². The largest absolute Gasteiger partial charge is 0.490 e. The van der Waals surface area contributed by atoms with Gasteiger partial charge in [-0.05, 0) is 42.8 Å². The number of aryl methyl sites for hydroxylation is 1. The molecule has 1 saturated heterocycles. The Morgan fingerprint density at radius 3 is 2.82 bits per heavy atom. The summed E-state index contributed by atoms with van der Waals surface area (Å²) in [6, 6.07) is 12.1. The molecule has 4 rings (SSSR count). The van der Waals surface area contributed by atoms with Crippen LogP contribution in [-0.4, -0.2) is 32.2 Å². The number of carbonyl (C=O) groups excluding carboxylic acids is 1. The lowest BCUT2D eigenvalue weighted by Crippen LogP contribution is -3.11. The number of rotatable bonds is 4. The molecular weight excluding hydrogens is 376 g/mol. The third kappa shape index (κ3) is 4.26. The zero-order valence-electron chi connectivity index (χ0n) is 16.1. The van der Waals surface area contributed by atoms with Crippen molar-refractivity contribution < 1.29 is 19.2 Å².